The maximum atomic E-state index is 14.0. The van der Waals surface area contributed by atoms with Crippen LogP contribution in [0.1, 0.15) is 31.9 Å². The van der Waals surface area contributed by atoms with E-state index in [4.69, 9.17) is 4.74 Å². The summed E-state index contributed by atoms with van der Waals surface area (Å²) in [5.74, 6) is -7.43. The van der Waals surface area contributed by atoms with E-state index in [1.165, 1.54) is 0 Å². The van der Waals surface area contributed by atoms with Crippen molar-refractivity contribution in [2.24, 2.45) is 17.3 Å². The van der Waals surface area contributed by atoms with Gasteiger partial charge in [-0.05, 0) is 18.3 Å². The molecule has 1 aromatic carbocycles. The highest BCUT2D eigenvalue weighted by Crippen LogP contribution is 2.59. The molecule has 0 bridgehead atoms. The van der Waals surface area contributed by atoms with Crippen LogP contribution in [0.3, 0.4) is 0 Å². The number of ether oxygens (including phenoxy) is 2. The van der Waals surface area contributed by atoms with Crippen LogP contribution in [0.4, 0.5) is 17.6 Å². The van der Waals surface area contributed by atoms with Crippen molar-refractivity contribution < 1.29 is 31.8 Å². The van der Waals surface area contributed by atoms with E-state index < -0.39 is 59.5 Å². The summed E-state index contributed by atoms with van der Waals surface area (Å²) in [4.78, 5) is 12.1. The smallest absolute Gasteiger partial charge is 0.310 e. The van der Waals surface area contributed by atoms with Gasteiger partial charge in [0.2, 0.25) is 0 Å². The summed E-state index contributed by atoms with van der Waals surface area (Å²) in [6, 6.07) is 0. The van der Waals surface area contributed by atoms with Gasteiger partial charge in [-0.25, -0.2) is 17.6 Å². The van der Waals surface area contributed by atoms with Gasteiger partial charge in [-0.1, -0.05) is 26.0 Å². The van der Waals surface area contributed by atoms with Crippen LogP contribution in [-0.2, 0) is 27.5 Å². The SMILES string of the molecule is CC=C[C@H]1[C@@H](C(=O)OCc2c(F)c(F)c(COC)c(F)c2F)C1(C)C. The van der Waals surface area contributed by atoms with Gasteiger partial charge < -0.3 is 9.47 Å². The molecule has 0 heterocycles. The van der Waals surface area contributed by atoms with Crippen molar-refractivity contribution in [3.8, 4) is 0 Å². The van der Waals surface area contributed by atoms with E-state index in [0.717, 1.165) is 7.11 Å². The van der Waals surface area contributed by atoms with Gasteiger partial charge in [0.05, 0.1) is 23.7 Å². The second-order valence-electron chi connectivity index (χ2n) is 6.60. The molecule has 0 amide bonds. The molecule has 3 nitrogen and oxygen atoms in total. The van der Waals surface area contributed by atoms with E-state index in [1.54, 1.807) is 6.08 Å². The molecule has 25 heavy (non-hydrogen) atoms. The molecule has 0 unspecified atom stereocenters. The number of carbonyl (C=O) groups is 1. The van der Waals surface area contributed by atoms with Crippen LogP contribution in [0, 0.1) is 40.5 Å². The minimum Gasteiger partial charge on any atom is -0.460 e. The lowest BCUT2D eigenvalue weighted by atomic mass is 10.1. The molecule has 1 aliphatic rings. The Morgan fingerprint density at radius 2 is 1.52 bits per heavy atom. The number of benzene rings is 1. The quantitative estimate of drug-likeness (QED) is 0.329. The summed E-state index contributed by atoms with van der Waals surface area (Å²) in [6.07, 6.45) is 3.66. The molecule has 1 saturated carbocycles. The fourth-order valence-corrected chi connectivity index (χ4v) is 3.05. The zero-order valence-electron chi connectivity index (χ0n) is 14.5. The van der Waals surface area contributed by atoms with Crippen molar-refractivity contribution in [3.63, 3.8) is 0 Å². The van der Waals surface area contributed by atoms with Crippen molar-refractivity contribution in [1.29, 1.82) is 0 Å². The van der Waals surface area contributed by atoms with Crippen molar-refractivity contribution in [3.05, 3.63) is 46.5 Å². The fourth-order valence-electron chi connectivity index (χ4n) is 3.05. The van der Waals surface area contributed by atoms with Gasteiger partial charge in [0, 0.05) is 7.11 Å². The molecular formula is C18H20F4O3. The maximum absolute atomic E-state index is 14.0. The van der Waals surface area contributed by atoms with E-state index in [9.17, 15) is 22.4 Å². The number of carbonyl (C=O) groups excluding carboxylic acids is 1. The second kappa shape index (κ2) is 7.15. The molecule has 7 heteroatoms. The summed E-state index contributed by atoms with van der Waals surface area (Å²) in [7, 11) is 1.14. The Morgan fingerprint density at radius 1 is 1.04 bits per heavy atom. The minimum atomic E-state index is -1.58. The standard InChI is InChI=1S/C18H20F4O3/c1-5-6-11-12(18(11,2)3)17(23)25-8-10-15(21)13(19)9(7-24-4)14(20)16(10)22/h5-6,11-12H,7-8H2,1-4H3/t11-,12-/m0/s1. The number of hydrogen-bond donors (Lipinski definition) is 0. The highest BCUT2D eigenvalue weighted by atomic mass is 19.2. The average molecular weight is 360 g/mol. The van der Waals surface area contributed by atoms with Gasteiger partial charge in [-0.15, -0.1) is 0 Å². The van der Waals surface area contributed by atoms with E-state index in [-0.39, 0.29) is 11.3 Å². The molecule has 1 aliphatic carbocycles. The normalized spacial score (nSPS) is 21.6. The number of esters is 1. The molecule has 1 fully saturated rings. The molecule has 2 rings (SSSR count). The van der Waals surface area contributed by atoms with Crippen LogP contribution in [-0.4, -0.2) is 13.1 Å². The Kier molecular flexibility index (Phi) is 5.56. The van der Waals surface area contributed by atoms with Crippen LogP contribution in [0.2, 0.25) is 0 Å². The summed E-state index contributed by atoms with van der Waals surface area (Å²) >= 11 is 0. The van der Waals surface area contributed by atoms with Crippen molar-refractivity contribution in [1.82, 2.24) is 0 Å². The number of hydrogen-bond acceptors (Lipinski definition) is 3. The van der Waals surface area contributed by atoms with Gasteiger partial charge in [0.15, 0.2) is 23.3 Å². The first kappa shape index (κ1) is 19.4. The first-order valence-corrected chi connectivity index (χ1v) is 7.80. The molecule has 0 saturated heterocycles. The van der Waals surface area contributed by atoms with Crippen molar-refractivity contribution >= 4 is 5.97 Å². The third-order valence-corrected chi connectivity index (χ3v) is 4.66. The molecule has 0 N–H and O–H groups in total. The third-order valence-electron chi connectivity index (χ3n) is 4.66. The van der Waals surface area contributed by atoms with E-state index in [1.807, 2.05) is 26.8 Å². The molecule has 0 radical (unpaired) electrons. The molecule has 2 atom stereocenters. The van der Waals surface area contributed by atoms with Gasteiger partial charge >= 0.3 is 5.97 Å². The molecule has 0 aliphatic heterocycles. The number of methoxy groups -OCH3 is 1. The Hall–Kier alpha value is -1.89. The van der Waals surface area contributed by atoms with Gasteiger partial charge in [0.25, 0.3) is 0 Å². The van der Waals surface area contributed by atoms with Crippen LogP contribution < -0.4 is 0 Å². The van der Waals surface area contributed by atoms with Crippen LogP contribution in [0.25, 0.3) is 0 Å². The van der Waals surface area contributed by atoms with E-state index in [0.29, 0.717) is 0 Å². The zero-order chi connectivity index (χ0) is 18.9. The van der Waals surface area contributed by atoms with Crippen LogP contribution in [0.5, 0.6) is 0 Å². The zero-order valence-corrected chi connectivity index (χ0v) is 14.5. The number of allylic oxidation sites excluding steroid dienone is 2. The monoisotopic (exact) mass is 360 g/mol. The topological polar surface area (TPSA) is 35.5 Å². The van der Waals surface area contributed by atoms with Gasteiger partial charge in [0.1, 0.15) is 6.61 Å². The third kappa shape index (κ3) is 3.42. The summed E-state index contributed by atoms with van der Waals surface area (Å²) in [6.45, 7) is 4.04. The molecular weight excluding hydrogens is 340 g/mol. The van der Waals surface area contributed by atoms with Crippen LogP contribution in [0.15, 0.2) is 12.2 Å². The Morgan fingerprint density at radius 3 is 1.96 bits per heavy atom. The maximum Gasteiger partial charge on any atom is 0.310 e. The second-order valence-corrected chi connectivity index (χ2v) is 6.60. The van der Waals surface area contributed by atoms with Gasteiger partial charge in [-0.3, -0.25) is 4.79 Å². The molecule has 0 spiro atoms. The van der Waals surface area contributed by atoms with E-state index in [2.05, 4.69) is 4.74 Å². The first-order valence-electron chi connectivity index (χ1n) is 7.80. The number of rotatable bonds is 6. The lowest BCUT2D eigenvalue weighted by Crippen LogP contribution is -2.15. The van der Waals surface area contributed by atoms with Crippen molar-refractivity contribution in [2.45, 2.75) is 34.0 Å². The molecule has 1 aromatic rings. The predicted octanol–water partition coefficient (Wildman–Crippen LogP) is 4.28. The Bertz CT molecular complexity index is 684. The van der Waals surface area contributed by atoms with Gasteiger partial charge in [-0.2, -0.15) is 0 Å². The Labute approximate surface area is 143 Å². The lowest BCUT2D eigenvalue weighted by molar-refractivity contribution is -0.147. The van der Waals surface area contributed by atoms with Crippen LogP contribution >= 0.6 is 0 Å². The molecule has 0 aromatic heterocycles. The lowest BCUT2D eigenvalue weighted by Gasteiger charge is -2.12. The predicted molar refractivity (Wildman–Crippen MR) is 82.4 cm³/mol. The fraction of sp³-hybridized carbons (Fsp3) is 0.500. The minimum absolute atomic E-state index is 0.0442. The Balaban J connectivity index is 2.18. The average Bonchev–Trinajstić information content (AvgIpc) is 3.10. The van der Waals surface area contributed by atoms with E-state index >= 15 is 0 Å². The van der Waals surface area contributed by atoms with Crippen molar-refractivity contribution in [2.75, 3.05) is 7.11 Å². The summed E-state index contributed by atoms with van der Waals surface area (Å²) in [5.41, 5.74) is -2.13. The summed E-state index contributed by atoms with van der Waals surface area (Å²) in [5, 5.41) is 0. The summed E-state index contributed by atoms with van der Waals surface area (Å²) < 4.78 is 65.2. The first-order chi connectivity index (χ1) is 11.7. The number of halogens is 4. The largest absolute Gasteiger partial charge is 0.460 e. The molecule has 138 valence electrons. The highest BCUT2D eigenvalue weighted by molar-refractivity contribution is 5.78. The highest BCUT2D eigenvalue weighted by Gasteiger charge is 2.61.